The Kier molecular flexibility index (Phi) is 6.01. The summed E-state index contributed by atoms with van der Waals surface area (Å²) in [5.41, 5.74) is 4.24. The number of rotatable bonds is 4. The third-order valence-corrected chi connectivity index (χ3v) is 5.27. The predicted molar refractivity (Wildman–Crippen MR) is 108 cm³/mol. The molecule has 27 heavy (non-hydrogen) atoms. The Balaban J connectivity index is 1.51. The number of halogens is 1. The van der Waals surface area contributed by atoms with Crippen molar-refractivity contribution in [2.45, 2.75) is 13.8 Å². The van der Waals surface area contributed by atoms with Gasteiger partial charge in [-0.1, -0.05) is 29.8 Å². The summed E-state index contributed by atoms with van der Waals surface area (Å²) < 4.78 is 0. The van der Waals surface area contributed by atoms with Crippen LogP contribution in [0.4, 0.5) is 5.69 Å². The SMILES string of the molecule is Cc1cccc(N2CCN(C(=O)CNC(=O)c3cccc(Cl)c3)CC2)c1C. The van der Waals surface area contributed by atoms with E-state index in [1.807, 2.05) is 0 Å². The van der Waals surface area contributed by atoms with Crippen molar-refractivity contribution in [3.05, 3.63) is 64.2 Å². The highest BCUT2D eigenvalue weighted by Gasteiger charge is 2.22. The van der Waals surface area contributed by atoms with E-state index < -0.39 is 0 Å². The first-order valence-electron chi connectivity index (χ1n) is 9.08. The van der Waals surface area contributed by atoms with Gasteiger partial charge in [-0.05, 0) is 49.2 Å². The number of aryl methyl sites for hydroxylation is 1. The lowest BCUT2D eigenvalue weighted by atomic mass is 10.1. The number of nitrogens with one attached hydrogen (secondary N) is 1. The molecule has 0 radical (unpaired) electrons. The van der Waals surface area contributed by atoms with Crippen molar-refractivity contribution in [1.82, 2.24) is 10.2 Å². The number of amides is 2. The Morgan fingerprint density at radius 1 is 1.04 bits per heavy atom. The van der Waals surface area contributed by atoms with E-state index in [2.05, 4.69) is 42.3 Å². The Morgan fingerprint density at radius 3 is 2.44 bits per heavy atom. The van der Waals surface area contributed by atoms with E-state index in [-0.39, 0.29) is 18.4 Å². The first kappa shape index (κ1) is 19.2. The molecular formula is C21H24ClN3O2. The van der Waals surface area contributed by atoms with Gasteiger partial charge in [0.15, 0.2) is 0 Å². The first-order valence-corrected chi connectivity index (χ1v) is 9.46. The van der Waals surface area contributed by atoms with Crippen molar-refractivity contribution >= 4 is 29.1 Å². The van der Waals surface area contributed by atoms with Gasteiger partial charge in [-0.15, -0.1) is 0 Å². The molecule has 1 aliphatic rings. The quantitative estimate of drug-likeness (QED) is 0.880. The summed E-state index contributed by atoms with van der Waals surface area (Å²) in [6, 6.07) is 13.0. The smallest absolute Gasteiger partial charge is 0.251 e. The molecule has 0 aliphatic carbocycles. The molecule has 0 bridgehead atoms. The van der Waals surface area contributed by atoms with E-state index in [0.29, 0.717) is 23.7 Å². The molecule has 3 rings (SSSR count). The van der Waals surface area contributed by atoms with Crippen LogP contribution < -0.4 is 10.2 Å². The lowest BCUT2D eigenvalue weighted by molar-refractivity contribution is -0.130. The van der Waals surface area contributed by atoms with E-state index in [9.17, 15) is 9.59 Å². The number of benzene rings is 2. The van der Waals surface area contributed by atoms with Gasteiger partial charge in [-0.2, -0.15) is 0 Å². The summed E-state index contributed by atoms with van der Waals surface area (Å²) in [4.78, 5) is 28.7. The summed E-state index contributed by atoms with van der Waals surface area (Å²) in [7, 11) is 0. The summed E-state index contributed by atoms with van der Waals surface area (Å²) in [6.07, 6.45) is 0. The zero-order chi connectivity index (χ0) is 19.4. The van der Waals surface area contributed by atoms with E-state index in [0.717, 1.165) is 13.1 Å². The van der Waals surface area contributed by atoms with Gasteiger partial charge in [-0.3, -0.25) is 9.59 Å². The normalized spacial score (nSPS) is 14.2. The lowest BCUT2D eigenvalue weighted by Gasteiger charge is -2.37. The monoisotopic (exact) mass is 385 g/mol. The van der Waals surface area contributed by atoms with Gasteiger partial charge in [0.2, 0.25) is 5.91 Å². The fraction of sp³-hybridized carbons (Fsp3) is 0.333. The van der Waals surface area contributed by atoms with Crippen LogP contribution in [0.15, 0.2) is 42.5 Å². The predicted octanol–water partition coefficient (Wildman–Crippen LogP) is 3.04. The van der Waals surface area contributed by atoms with Crippen LogP contribution in [0.25, 0.3) is 0 Å². The number of piperazine rings is 1. The fourth-order valence-corrected chi connectivity index (χ4v) is 3.46. The molecule has 1 N–H and O–H groups in total. The highest BCUT2D eigenvalue weighted by Crippen LogP contribution is 2.23. The van der Waals surface area contributed by atoms with Crippen molar-refractivity contribution in [1.29, 1.82) is 0 Å². The van der Waals surface area contributed by atoms with Crippen LogP contribution in [0.5, 0.6) is 0 Å². The summed E-state index contributed by atoms with van der Waals surface area (Å²) in [6.45, 7) is 7.12. The Morgan fingerprint density at radius 2 is 1.74 bits per heavy atom. The maximum atomic E-state index is 12.4. The van der Waals surface area contributed by atoms with Crippen LogP contribution in [0, 0.1) is 13.8 Å². The van der Waals surface area contributed by atoms with Crippen molar-refractivity contribution in [3.63, 3.8) is 0 Å². The van der Waals surface area contributed by atoms with Crippen LogP contribution in [-0.4, -0.2) is 49.4 Å². The number of anilines is 1. The van der Waals surface area contributed by atoms with Gasteiger partial charge in [-0.25, -0.2) is 0 Å². The van der Waals surface area contributed by atoms with Gasteiger partial charge in [0.25, 0.3) is 5.91 Å². The molecule has 2 amide bonds. The molecular weight excluding hydrogens is 362 g/mol. The maximum Gasteiger partial charge on any atom is 0.251 e. The van der Waals surface area contributed by atoms with Crippen LogP contribution >= 0.6 is 11.6 Å². The molecule has 1 saturated heterocycles. The van der Waals surface area contributed by atoms with Crippen LogP contribution in [0.3, 0.4) is 0 Å². The molecule has 1 fully saturated rings. The van der Waals surface area contributed by atoms with E-state index in [1.165, 1.54) is 16.8 Å². The third kappa shape index (κ3) is 4.61. The van der Waals surface area contributed by atoms with Crippen molar-refractivity contribution < 1.29 is 9.59 Å². The molecule has 5 nitrogen and oxygen atoms in total. The first-order chi connectivity index (χ1) is 13.0. The summed E-state index contributed by atoms with van der Waals surface area (Å²) in [5, 5.41) is 3.18. The van der Waals surface area contributed by atoms with E-state index in [4.69, 9.17) is 11.6 Å². The molecule has 2 aromatic carbocycles. The summed E-state index contributed by atoms with van der Waals surface area (Å²) in [5.74, 6) is -0.356. The Hall–Kier alpha value is -2.53. The highest BCUT2D eigenvalue weighted by molar-refractivity contribution is 6.30. The molecule has 1 heterocycles. The highest BCUT2D eigenvalue weighted by atomic mass is 35.5. The average Bonchev–Trinajstić information content (AvgIpc) is 2.68. The van der Waals surface area contributed by atoms with Crippen LogP contribution in [0.1, 0.15) is 21.5 Å². The molecule has 0 atom stereocenters. The topological polar surface area (TPSA) is 52.6 Å². The molecule has 0 spiro atoms. The maximum absolute atomic E-state index is 12.4. The third-order valence-electron chi connectivity index (χ3n) is 5.04. The van der Waals surface area contributed by atoms with Gasteiger partial charge in [0.1, 0.15) is 0 Å². The Bertz CT molecular complexity index is 845. The average molecular weight is 386 g/mol. The van der Waals surface area contributed by atoms with Crippen LogP contribution in [-0.2, 0) is 4.79 Å². The molecule has 6 heteroatoms. The second-order valence-corrected chi connectivity index (χ2v) is 7.22. The number of nitrogens with zero attached hydrogens (tertiary/aromatic N) is 2. The second-order valence-electron chi connectivity index (χ2n) is 6.78. The van der Waals surface area contributed by atoms with Crippen LogP contribution in [0.2, 0.25) is 5.02 Å². The molecule has 2 aromatic rings. The van der Waals surface area contributed by atoms with Crippen molar-refractivity contribution in [2.75, 3.05) is 37.6 Å². The zero-order valence-electron chi connectivity index (χ0n) is 15.7. The fourth-order valence-electron chi connectivity index (χ4n) is 3.27. The molecule has 0 aromatic heterocycles. The largest absolute Gasteiger partial charge is 0.368 e. The van der Waals surface area contributed by atoms with Gasteiger partial charge in [0.05, 0.1) is 6.54 Å². The molecule has 0 unspecified atom stereocenters. The van der Waals surface area contributed by atoms with Gasteiger partial charge >= 0.3 is 0 Å². The molecule has 142 valence electrons. The molecule has 1 aliphatic heterocycles. The number of carbonyl (C=O) groups excluding carboxylic acids is 2. The Labute approximate surface area is 164 Å². The number of hydrogen-bond donors (Lipinski definition) is 1. The number of carbonyl (C=O) groups is 2. The van der Waals surface area contributed by atoms with E-state index >= 15 is 0 Å². The standard InChI is InChI=1S/C21H24ClN3O2/c1-15-5-3-8-19(16(15)2)24-9-11-25(12-10-24)20(26)14-23-21(27)17-6-4-7-18(22)13-17/h3-8,13H,9-12,14H2,1-2H3,(H,23,27). The minimum absolute atomic E-state index is 0.00514. The van der Waals surface area contributed by atoms with Crippen molar-refractivity contribution in [2.24, 2.45) is 0 Å². The minimum Gasteiger partial charge on any atom is -0.368 e. The molecule has 0 saturated carbocycles. The zero-order valence-corrected chi connectivity index (χ0v) is 16.4. The van der Waals surface area contributed by atoms with Gasteiger partial charge in [0, 0.05) is 42.5 Å². The number of hydrogen-bond acceptors (Lipinski definition) is 3. The second kappa shape index (κ2) is 8.44. The van der Waals surface area contributed by atoms with E-state index in [1.54, 1.807) is 29.2 Å². The summed E-state index contributed by atoms with van der Waals surface area (Å²) >= 11 is 5.90. The van der Waals surface area contributed by atoms with Gasteiger partial charge < -0.3 is 15.1 Å². The minimum atomic E-state index is -0.292. The lowest BCUT2D eigenvalue weighted by Crippen LogP contribution is -2.51. The van der Waals surface area contributed by atoms with Crippen molar-refractivity contribution in [3.8, 4) is 0 Å².